The van der Waals surface area contributed by atoms with Gasteiger partial charge in [0.1, 0.15) is 14.7 Å². The lowest BCUT2D eigenvalue weighted by atomic mass is 10.6. The third kappa shape index (κ3) is 5.11. The van der Waals surface area contributed by atoms with Gasteiger partial charge in [-0.25, -0.2) is 0 Å². The van der Waals surface area contributed by atoms with Gasteiger partial charge in [0.25, 0.3) is 0 Å². The zero-order valence-corrected chi connectivity index (χ0v) is 11.4. The van der Waals surface area contributed by atoms with Gasteiger partial charge < -0.3 is 14.2 Å². The molecule has 0 aromatic carbocycles. The Morgan fingerprint density at radius 2 is 1.87 bits per heavy atom. The summed E-state index contributed by atoms with van der Waals surface area (Å²) in [5.41, 5.74) is 0. The molecule has 15 heavy (non-hydrogen) atoms. The van der Waals surface area contributed by atoms with Crippen LogP contribution in [0.25, 0.3) is 0 Å². The van der Waals surface area contributed by atoms with E-state index in [1.54, 1.807) is 0 Å². The van der Waals surface area contributed by atoms with E-state index >= 15 is 0 Å². The minimum atomic E-state index is -0.949. The van der Waals surface area contributed by atoms with E-state index in [1.165, 1.54) is 18.5 Å². The molecule has 2 unspecified atom stereocenters. The molecular formula is C11H24O3Si. The molecule has 90 valence electrons. The Labute approximate surface area is 94.7 Å². The van der Waals surface area contributed by atoms with Gasteiger partial charge in [-0.05, 0) is 19.9 Å². The summed E-state index contributed by atoms with van der Waals surface area (Å²) in [5.74, 6) is 0.101. The molecule has 1 fully saturated rings. The standard InChI is InChI=1S/C11H24O3Si/c1-4-7-15(9-10-8-14-10)11(12-5-2)13-6-3/h10-11,15H,4-9H2,1-3H3. The summed E-state index contributed by atoms with van der Waals surface area (Å²) in [6.07, 6.45) is 1.76. The number of hydrogen-bond acceptors (Lipinski definition) is 3. The molecule has 0 aromatic heterocycles. The van der Waals surface area contributed by atoms with Crippen LogP contribution in [0, 0.1) is 0 Å². The van der Waals surface area contributed by atoms with Gasteiger partial charge in [0.05, 0.1) is 12.7 Å². The maximum Gasteiger partial charge on any atom is 0.138 e. The van der Waals surface area contributed by atoms with Crippen LogP contribution in [0.2, 0.25) is 12.1 Å². The van der Waals surface area contributed by atoms with Crippen molar-refractivity contribution in [1.82, 2.24) is 0 Å². The molecule has 4 heteroatoms. The fourth-order valence-electron chi connectivity index (χ4n) is 1.93. The quantitative estimate of drug-likeness (QED) is 0.346. The first-order chi connectivity index (χ1) is 7.31. The largest absolute Gasteiger partial charge is 0.373 e. The SMILES string of the molecule is CCC[SiH](CC1CO1)C(OCC)OCC. The topological polar surface area (TPSA) is 31.0 Å². The summed E-state index contributed by atoms with van der Waals surface area (Å²) in [6.45, 7) is 8.78. The zero-order valence-electron chi connectivity index (χ0n) is 10.2. The van der Waals surface area contributed by atoms with Crippen LogP contribution in [0.5, 0.6) is 0 Å². The summed E-state index contributed by atoms with van der Waals surface area (Å²) in [7, 11) is -0.949. The van der Waals surface area contributed by atoms with E-state index in [0.717, 1.165) is 19.8 Å². The molecule has 1 heterocycles. The Bertz CT molecular complexity index is 156. The molecule has 0 spiro atoms. The molecule has 0 N–H and O–H groups in total. The van der Waals surface area contributed by atoms with Crippen molar-refractivity contribution in [3.63, 3.8) is 0 Å². The molecule has 3 nitrogen and oxygen atoms in total. The average Bonchev–Trinajstić information content (AvgIpc) is 3.01. The lowest BCUT2D eigenvalue weighted by Crippen LogP contribution is -2.37. The third-order valence-electron chi connectivity index (χ3n) is 2.67. The third-order valence-corrected chi connectivity index (χ3v) is 6.28. The second-order valence-electron chi connectivity index (χ2n) is 4.02. The zero-order chi connectivity index (χ0) is 11.1. The molecule has 1 saturated heterocycles. The number of hydrogen-bond donors (Lipinski definition) is 0. The van der Waals surface area contributed by atoms with Gasteiger partial charge in [-0.15, -0.1) is 0 Å². The van der Waals surface area contributed by atoms with Crippen LogP contribution >= 0.6 is 0 Å². The summed E-state index contributed by atoms with van der Waals surface area (Å²) in [4.78, 5) is 0. The number of rotatable bonds is 9. The molecule has 0 amide bonds. The molecule has 0 saturated carbocycles. The Morgan fingerprint density at radius 3 is 2.27 bits per heavy atom. The highest BCUT2D eigenvalue weighted by Crippen LogP contribution is 2.22. The fourth-order valence-corrected chi connectivity index (χ4v) is 5.27. The van der Waals surface area contributed by atoms with Crippen molar-refractivity contribution < 1.29 is 14.2 Å². The average molecular weight is 232 g/mol. The van der Waals surface area contributed by atoms with Crippen LogP contribution in [0.15, 0.2) is 0 Å². The van der Waals surface area contributed by atoms with Crippen LogP contribution in [-0.2, 0) is 14.2 Å². The molecule has 0 radical (unpaired) electrons. The van der Waals surface area contributed by atoms with Crippen molar-refractivity contribution in [2.75, 3.05) is 19.8 Å². The van der Waals surface area contributed by atoms with Crippen molar-refractivity contribution >= 4 is 8.80 Å². The van der Waals surface area contributed by atoms with Crippen molar-refractivity contribution in [2.45, 2.75) is 51.3 Å². The van der Waals surface area contributed by atoms with E-state index < -0.39 is 8.80 Å². The Kier molecular flexibility index (Phi) is 6.48. The first-order valence-electron chi connectivity index (χ1n) is 6.16. The van der Waals surface area contributed by atoms with E-state index in [1.807, 2.05) is 13.8 Å². The molecule has 0 bridgehead atoms. The lowest BCUT2D eigenvalue weighted by Gasteiger charge is -2.24. The van der Waals surface area contributed by atoms with Gasteiger partial charge in [-0.1, -0.05) is 19.4 Å². The van der Waals surface area contributed by atoms with Crippen molar-refractivity contribution in [1.29, 1.82) is 0 Å². The van der Waals surface area contributed by atoms with Crippen molar-refractivity contribution in [3.05, 3.63) is 0 Å². The predicted octanol–water partition coefficient (Wildman–Crippen LogP) is 1.96. The fraction of sp³-hybridized carbons (Fsp3) is 1.00. The van der Waals surface area contributed by atoms with Crippen LogP contribution in [0.1, 0.15) is 27.2 Å². The highest BCUT2D eigenvalue weighted by Gasteiger charge is 2.32. The van der Waals surface area contributed by atoms with Gasteiger partial charge in [0.2, 0.25) is 0 Å². The minimum absolute atomic E-state index is 0.101. The highest BCUT2D eigenvalue weighted by atomic mass is 28.3. The molecule has 1 rings (SSSR count). The molecule has 1 aliphatic rings. The number of ether oxygens (including phenoxy) is 3. The maximum atomic E-state index is 5.71. The Balaban J connectivity index is 2.38. The second kappa shape index (κ2) is 7.38. The predicted molar refractivity (Wildman–Crippen MR) is 63.8 cm³/mol. The summed E-state index contributed by atoms with van der Waals surface area (Å²) in [6, 6.07) is 2.52. The normalized spacial score (nSPS) is 22.0. The van der Waals surface area contributed by atoms with Gasteiger partial charge in [-0.2, -0.15) is 0 Å². The van der Waals surface area contributed by atoms with Gasteiger partial charge in [0, 0.05) is 13.2 Å². The molecule has 0 aromatic rings. The molecular weight excluding hydrogens is 208 g/mol. The monoisotopic (exact) mass is 232 g/mol. The first-order valence-corrected chi connectivity index (χ1v) is 8.46. The van der Waals surface area contributed by atoms with Crippen molar-refractivity contribution in [2.24, 2.45) is 0 Å². The smallest absolute Gasteiger partial charge is 0.138 e. The van der Waals surface area contributed by atoms with Crippen LogP contribution < -0.4 is 0 Å². The van der Waals surface area contributed by atoms with E-state index in [9.17, 15) is 0 Å². The van der Waals surface area contributed by atoms with Gasteiger partial charge >= 0.3 is 0 Å². The van der Waals surface area contributed by atoms with Crippen LogP contribution in [0.4, 0.5) is 0 Å². The summed E-state index contributed by atoms with van der Waals surface area (Å²) >= 11 is 0. The molecule has 2 atom stereocenters. The first kappa shape index (κ1) is 13.2. The van der Waals surface area contributed by atoms with Gasteiger partial charge in [0.15, 0.2) is 0 Å². The molecule has 1 aliphatic heterocycles. The summed E-state index contributed by atoms with van der Waals surface area (Å²) < 4.78 is 16.7. The van der Waals surface area contributed by atoms with Crippen molar-refractivity contribution in [3.8, 4) is 0 Å². The second-order valence-corrected chi connectivity index (χ2v) is 7.13. The van der Waals surface area contributed by atoms with E-state index in [-0.39, 0.29) is 5.91 Å². The summed E-state index contributed by atoms with van der Waals surface area (Å²) in [5, 5.41) is 0. The highest BCUT2D eigenvalue weighted by molar-refractivity contribution is 6.60. The Morgan fingerprint density at radius 1 is 1.27 bits per heavy atom. The molecule has 0 aliphatic carbocycles. The lowest BCUT2D eigenvalue weighted by molar-refractivity contribution is -0.0859. The van der Waals surface area contributed by atoms with Crippen LogP contribution in [-0.4, -0.2) is 40.6 Å². The van der Waals surface area contributed by atoms with E-state index in [2.05, 4.69) is 6.92 Å². The van der Waals surface area contributed by atoms with E-state index in [0.29, 0.717) is 6.10 Å². The van der Waals surface area contributed by atoms with E-state index in [4.69, 9.17) is 14.2 Å². The van der Waals surface area contributed by atoms with Gasteiger partial charge in [-0.3, -0.25) is 0 Å². The van der Waals surface area contributed by atoms with Crippen LogP contribution in [0.3, 0.4) is 0 Å². The minimum Gasteiger partial charge on any atom is -0.373 e. The Hall–Kier alpha value is 0.0969. The number of epoxide rings is 1. The maximum absolute atomic E-state index is 5.71.